The standard InChI is InChI=1S/C27H46O5Si/c1-25(2,3)33(7,8)32-22-10-9-11-23(28)27(29)17-16-21(26(27,4)5)24(22)31-18-19-12-14-20(30-6)15-13-19/h12-15,21-24,28-29H,9-11,16-18H2,1-8H3/t21-,22+,23+,24-,27-/m1/s1. The third-order valence-corrected chi connectivity index (χ3v) is 13.5. The maximum Gasteiger partial charge on any atom is 0.192 e. The summed E-state index contributed by atoms with van der Waals surface area (Å²) in [5.41, 5.74) is -0.477. The van der Waals surface area contributed by atoms with Crippen molar-refractivity contribution in [3.63, 3.8) is 0 Å². The van der Waals surface area contributed by atoms with Gasteiger partial charge in [0.05, 0.1) is 37.6 Å². The minimum Gasteiger partial charge on any atom is -0.497 e. The molecule has 3 rings (SSSR count). The lowest BCUT2D eigenvalue weighted by atomic mass is 9.68. The first kappa shape index (κ1) is 26.7. The highest BCUT2D eigenvalue weighted by molar-refractivity contribution is 6.74. The number of hydrogen-bond donors (Lipinski definition) is 2. The van der Waals surface area contributed by atoms with Crippen molar-refractivity contribution in [1.29, 1.82) is 0 Å². The second kappa shape index (κ2) is 9.61. The maximum atomic E-state index is 11.6. The second-order valence-corrected chi connectivity index (χ2v) is 17.0. The monoisotopic (exact) mass is 478 g/mol. The van der Waals surface area contributed by atoms with Crippen molar-refractivity contribution < 1.29 is 24.1 Å². The lowest BCUT2D eigenvalue weighted by Crippen LogP contribution is -2.55. The number of aliphatic hydroxyl groups excluding tert-OH is 1. The molecule has 2 aliphatic carbocycles. The van der Waals surface area contributed by atoms with Crippen molar-refractivity contribution in [1.82, 2.24) is 0 Å². The highest BCUT2D eigenvalue weighted by Crippen LogP contribution is 2.56. The molecule has 0 radical (unpaired) electrons. The summed E-state index contributed by atoms with van der Waals surface area (Å²) in [6.07, 6.45) is 2.75. The molecule has 0 aromatic heterocycles. The van der Waals surface area contributed by atoms with Crippen molar-refractivity contribution in [3.8, 4) is 5.75 Å². The third kappa shape index (κ3) is 5.20. The van der Waals surface area contributed by atoms with E-state index in [4.69, 9.17) is 13.9 Å². The summed E-state index contributed by atoms with van der Waals surface area (Å²) in [5.74, 6) is 0.930. The predicted octanol–water partition coefficient (Wildman–Crippen LogP) is 5.68. The zero-order valence-corrected chi connectivity index (χ0v) is 23.0. The summed E-state index contributed by atoms with van der Waals surface area (Å²) in [6.45, 7) is 16.1. The molecule has 2 aliphatic rings. The van der Waals surface area contributed by atoms with Gasteiger partial charge in [-0.2, -0.15) is 0 Å². The molecule has 2 fully saturated rings. The molecule has 188 valence electrons. The number of aliphatic hydroxyl groups is 2. The van der Waals surface area contributed by atoms with Crippen LogP contribution in [0.2, 0.25) is 18.1 Å². The lowest BCUT2D eigenvalue weighted by Gasteiger charge is -2.47. The summed E-state index contributed by atoms with van der Waals surface area (Å²) >= 11 is 0. The van der Waals surface area contributed by atoms with Gasteiger partial charge in [-0.25, -0.2) is 0 Å². The zero-order valence-electron chi connectivity index (χ0n) is 22.0. The Hall–Kier alpha value is -0.923. The van der Waals surface area contributed by atoms with Crippen LogP contribution < -0.4 is 4.74 Å². The first-order valence-electron chi connectivity index (χ1n) is 12.6. The van der Waals surface area contributed by atoms with E-state index in [2.05, 4.69) is 47.7 Å². The number of hydrogen-bond acceptors (Lipinski definition) is 5. The summed E-state index contributed by atoms with van der Waals surface area (Å²) in [4.78, 5) is 0. The summed E-state index contributed by atoms with van der Waals surface area (Å²) in [7, 11) is -0.372. The number of ether oxygens (including phenoxy) is 2. The van der Waals surface area contributed by atoms with Crippen LogP contribution in [0.5, 0.6) is 5.75 Å². The summed E-state index contributed by atoms with van der Waals surface area (Å²) < 4.78 is 19.0. The molecule has 0 amide bonds. The van der Waals surface area contributed by atoms with Crippen molar-refractivity contribution >= 4 is 8.32 Å². The van der Waals surface area contributed by atoms with Crippen LogP contribution >= 0.6 is 0 Å². The molecule has 1 aromatic rings. The van der Waals surface area contributed by atoms with E-state index in [1.165, 1.54) is 0 Å². The van der Waals surface area contributed by atoms with Gasteiger partial charge in [0, 0.05) is 5.41 Å². The van der Waals surface area contributed by atoms with Gasteiger partial charge >= 0.3 is 0 Å². The number of benzene rings is 1. The average Bonchev–Trinajstić information content (AvgIpc) is 2.98. The Labute approximate surface area is 202 Å². The van der Waals surface area contributed by atoms with Crippen molar-refractivity contribution in [2.24, 2.45) is 11.3 Å². The summed E-state index contributed by atoms with van der Waals surface area (Å²) in [6, 6.07) is 8.00. The maximum absolute atomic E-state index is 11.6. The molecule has 0 spiro atoms. The third-order valence-electron chi connectivity index (χ3n) is 9.01. The van der Waals surface area contributed by atoms with E-state index in [-0.39, 0.29) is 23.2 Å². The van der Waals surface area contributed by atoms with Crippen LogP contribution in [0.3, 0.4) is 0 Å². The van der Waals surface area contributed by atoms with Crippen LogP contribution in [0.25, 0.3) is 0 Å². The van der Waals surface area contributed by atoms with Gasteiger partial charge in [-0.05, 0) is 73.9 Å². The van der Waals surface area contributed by atoms with E-state index in [0.29, 0.717) is 19.4 Å². The number of rotatable bonds is 6. The lowest BCUT2D eigenvalue weighted by molar-refractivity contribution is -0.160. The van der Waals surface area contributed by atoms with Gasteiger partial charge < -0.3 is 24.1 Å². The molecule has 5 atom stereocenters. The quantitative estimate of drug-likeness (QED) is 0.515. The predicted molar refractivity (Wildman–Crippen MR) is 135 cm³/mol. The highest BCUT2D eigenvalue weighted by atomic mass is 28.4. The fourth-order valence-electron chi connectivity index (χ4n) is 5.54. The first-order valence-corrected chi connectivity index (χ1v) is 15.5. The number of methoxy groups -OCH3 is 1. The molecule has 0 aliphatic heterocycles. The van der Waals surface area contributed by atoms with Gasteiger partial charge in [-0.15, -0.1) is 0 Å². The zero-order chi connectivity index (χ0) is 24.7. The fourth-order valence-corrected chi connectivity index (χ4v) is 6.91. The Morgan fingerprint density at radius 2 is 1.70 bits per heavy atom. The average molecular weight is 479 g/mol. The van der Waals surface area contributed by atoms with Crippen LogP contribution in [-0.2, 0) is 15.8 Å². The first-order chi connectivity index (χ1) is 15.2. The van der Waals surface area contributed by atoms with Crippen LogP contribution in [0.15, 0.2) is 24.3 Å². The minimum atomic E-state index is -2.04. The SMILES string of the molecule is COc1ccc(CO[C@H]2[C@@H](O[Si](C)(C)C(C)(C)C)CCC[C@H](O)[C@]3(O)CC[C@H]2C3(C)C)cc1. The molecule has 0 saturated heterocycles. The Bertz CT molecular complexity index is 785. The molecule has 2 N–H and O–H groups in total. The van der Waals surface area contributed by atoms with E-state index in [1.54, 1.807) is 7.11 Å². The van der Waals surface area contributed by atoms with Crippen LogP contribution in [0.4, 0.5) is 0 Å². The second-order valence-electron chi connectivity index (χ2n) is 12.3. The van der Waals surface area contributed by atoms with Gasteiger partial charge in [0.25, 0.3) is 0 Å². The van der Waals surface area contributed by atoms with E-state index >= 15 is 0 Å². The van der Waals surface area contributed by atoms with Crippen molar-refractivity contribution in [2.45, 2.75) is 115 Å². The normalized spacial score (nSPS) is 32.7. The Morgan fingerprint density at radius 3 is 2.27 bits per heavy atom. The Morgan fingerprint density at radius 1 is 1.06 bits per heavy atom. The molecule has 2 bridgehead atoms. The Kier molecular flexibility index (Phi) is 7.77. The van der Waals surface area contributed by atoms with E-state index < -0.39 is 25.4 Å². The van der Waals surface area contributed by atoms with Crippen LogP contribution in [0.1, 0.15) is 72.3 Å². The fraction of sp³-hybridized carbons (Fsp3) is 0.778. The van der Waals surface area contributed by atoms with E-state index in [1.807, 2.05) is 24.3 Å². The molecular weight excluding hydrogens is 432 g/mol. The van der Waals surface area contributed by atoms with Crippen LogP contribution in [0, 0.1) is 11.3 Å². The van der Waals surface area contributed by atoms with Gasteiger partial charge in [0.15, 0.2) is 8.32 Å². The smallest absolute Gasteiger partial charge is 0.192 e. The molecule has 33 heavy (non-hydrogen) atoms. The Balaban J connectivity index is 1.94. The number of fused-ring (bicyclic) bond motifs is 2. The largest absolute Gasteiger partial charge is 0.497 e. The van der Waals surface area contributed by atoms with E-state index in [0.717, 1.165) is 30.6 Å². The van der Waals surface area contributed by atoms with Crippen molar-refractivity contribution in [2.75, 3.05) is 7.11 Å². The molecule has 1 aromatic carbocycles. The van der Waals surface area contributed by atoms with Gasteiger partial charge in [0.1, 0.15) is 5.75 Å². The van der Waals surface area contributed by atoms with Gasteiger partial charge in [0.2, 0.25) is 0 Å². The minimum absolute atomic E-state index is 0.0546. The van der Waals surface area contributed by atoms with Gasteiger partial charge in [-0.1, -0.05) is 46.8 Å². The molecule has 0 unspecified atom stereocenters. The summed E-state index contributed by atoms with van der Waals surface area (Å²) in [5, 5.41) is 22.7. The highest BCUT2D eigenvalue weighted by Gasteiger charge is 2.61. The van der Waals surface area contributed by atoms with Crippen molar-refractivity contribution in [3.05, 3.63) is 29.8 Å². The van der Waals surface area contributed by atoms with E-state index in [9.17, 15) is 10.2 Å². The van der Waals surface area contributed by atoms with Gasteiger partial charge in [-0.3, -0.25) is 0 Å². The molecule has 5 nitrogen and oxygen atoms in total. The molecule has 2 saturated carbocycles. The molecule has 6 heteroatoms. The molecule has 0 heterocycles. The topological polar surface area (TPSA) is 68.2 Å². The molecular formula is C27H46O5Si. The van der Waals surface area contributed by atoms with Crippen LogP contribution in [-0.4, -0.2) is 49.6 Å².